The van der Waals surface area contributed by atoms with Crippen LogP contribution in [0.4, 0.5) is 0 Å². The summed E-state index contributed by atoms with van der Waals surface area (Å²) in [6, 6.07) is 0.750. The van der Waals surface area contributed by atoms with Crippen LogP contribution in [0.5, 0.6) is 0 Å². The fourth-order valence-corrected chi connectivity index (χ4v) is 0.676. The van der Waals surface area contributed by atoms with E-state index < -0.39 is 0 Å². The van der Waals surface area contributed by atoms with Gasteiger partial charge in [-0.1, -0.05) is 0 Å². The second-order valence-corrected chi connectivity index (χ2v) is 2.60. The number of hydrogen-bond donors (Lipinski definition) is 0. The van der Waals surface area contributed by atoms with Crippen molar-refractivity contribution in [3.8, 4) is 0 Å². The fourth-order valence-electron chi connectivity index (χ4n) is 0.676. The van der Waals surface area contributed by atoms with E-state index in [1.54, 1.807) is 0 Å². The van der Waals surface area contributed by atoms with Crippen molar-refractivity contribution < 1.29 is 0 Å². The molecule has 0 aliphatic carbocycles. The van der Waals surface area contributed by atoms with E-state index in [0.717, 1.165) is 6.04 Å². The molecule has 0 spiro atoms. The van der Waals surface area contributed by atoms with Gasteiger partial charge in [-0.15, -0.1) is 0 Å². The van der Waals surface area contributed by atoms with Crippen LogP contribution in [0.2, 0.25) is 5.09 Å². The summed E-state index contributed by atoms with van der Waals surface area (Å²) in [4.78, 5) is 2.25. The zero-order valence-corrected chi connectivity index (χ0v) is 6.44. The van der Waals surface area contributed by atoms with E-state index in [2.05, 4.69) is 43.6 Å². The van der Waals surface area contributed by atoms with Crippen LogP contribution < -0.4 is 0 Å². The summed E-state index contributed by atoms with van der Waals surface area (Å²) in [5.41, 5.74) is 0. The summed E-state index contributed by atoms with van der Waals surface area (Å²) in [6.07, 6.45) is 1.31. The van der Waals surface area contributed by atoms with Crippen LogP contribution in [0, 0.1) is 0 Å². The summed E-state index contributed by atoms with van der Waals surface area (Å²) >= 11 is 2.22. The maximum absolute atomic E-state index is 2.25. The van der Waals surface area contributed by atoms with Crippen LogP contribution in [0.1, 0.15) is 13.3 Å². The Labute approximate surface area is 61.6 Å². The van der Waals surface area contributed by atoms with E-state index in [0.29, 0.717) is 0 Å². The second kappa shape index (κ2) is 4.44. The molecule has 0 aromatic heterocycles. The first kappa shape index (κ1) is 8.56. The van der Waals surface area contributed by atoms with Crippen LogP contribution in [-0.2, 0) is 0 Å². The molecule has 0 rings (SSSR count). The molecule has 0 amide bonds. The van der Waals surface area contributed by atoms with Crippen molar-refractivity contribution in [3.05, 3.63) is 0 Å². The van der Waals surface area contributed by atoms with Gasteiger partial charge in [-0.3, -0.25) is 0 Å². The first-order valence-corrected chi connectivity index (χ1v) is 3.35. The Balaban J connectivity index is 3.17. The Morgan fingerprint density at radius 3 is 2.12 bits per heavy atom. The van der Waals surface area contributed by atoms with Crippen LogP contribution in [-0.4, -0.2) is 42.8 Å². The minimum atomic E-state index is 0.750. The van der Waals surface area contributed by atoms with Crippen molar-refractivity contribution in [1.82, 2.24) is 4.90 Å². The standard InChI is InChI=1S/C6H14N.Li/c1-5-6(2)7(3)4;/h6H,1,5H2,2-4H3;. The van der Waals surface area contributed by atoms with Crippen molar-refractivity contribution in [2.75, 3.05) is 14.1 Å². The quantitative estimate of drug-likeness (QED) is 0.484. The third kappa shape index (κ3) is 3.55. The second-order valence-electron chi connectivity index (χ2n) is 2.60. The molecule has 0 saturated heterocycles. The van der Waals surface area contributed by atoms with E-state index in [1.807, 2.05) is 0 Å². The predicted molar refractivity (Wildman–Crippen MR) is 38.3 cm³/mol. The van der Waals surface area contributed by atoms with Gasteiger partial charge in [0, 0.05) is 0 Å². The van der Waals surface area contributed by atoms with Crippen LogP contribution >= 0.6 is 0 Å². The molecule has 1 nitrogen and oxygen atoms in total. The summed E-state index contributed by atoms with van der Waals surface area (Å²) in [6.45, 7) is 2.25. The van der Waals surface area contributed by atoms with Gasteiger partial charge >= 0.3 is 61.2 Å². The summed E-state index contributed by atoms with van der Waals surface area (Å²) in [7, 11) is 4.25. The molecule has 44 valence electrons. The van der Waals surface area contributed by atoms with Crippen molar-refractivity contribution >= 4 is 17.7 Å². The van der Waals surface area contributed by atoms with Crippen LogP contribution in [0.3, 0.4) is 0 Å². The fraction of sp³-hybridized carbons (Fsp3) is 1.00. The van der Waals surface area contributed by atoms with Crippen molar-refractivity contribution in [2.45, 2.75) is 24.5 Å². The van der Waals surface area contributed by atoms with E-state index in [9.17, 15) is 0 Å². The molecule has 8 heavy (non-hydrogen) atoms. The molecule has 0 aromatic carbocycles. The summed E-state index contributed by atoms with van der Waals surface area (Å²) < 4.78 is 0. The molecule has 0 bridgehead atoms. The van der Waals surface area contributed by atoms with Crippen molar-refractivity contribution in [2.24, 2.45) is 0 Å². The van der Waals surface area contributed by atoms with E-state index in [1.165, 1.54) is 11.5 Å². The molecule has 2 heteroatoms. The zero-order valence-electron chi connectivity index (χ0n) is 6.44. The molecule has 0 aliphatic rings. The third-order valence-corrected chi connectivity index (χ3v) is 1.59. The van der Waals surface area contributed by atoms with Gasteiger partial charge in [0.2, 0.25) is 0 Å². The first-order chi connectivity index (χ1) is 3.68. The molecule has 1 atom stereocenters. The molecule has 0 N–H and O–H groups in total. The van der Waals surface area contributed by atoms with Crippen molar-refractivity contribution in [3.63, 3.8) is 0 Å². The Bertz CT molecular complexity index is 54.5. The van der Waals surface area contributed by atoms with E-state index >= 15 is 0 Å². The van der Waals surface area contributed by atoms with Gasteiger partial charge in [0.05, 0.1) is 0 Å². The predicted octanol–water partition coefficient (Wildman–Crippen LogP) is 0.913. The van der Waals surface area contributed by atoms with Gasteiger partial charge in [0.1, 0.15) is 0 Å². The minimum absolute atomic E-state index is 0.750. The topological polar surface area (TPSA) is 3.24 Å². The molecule has 1 unspecified atom stereocenters. The average molecular weight is 107 g/mol. The monoisotopic (exact) mass is 107 g/mol. The van der Waals surface area contributed by atoms with Gasteiger partial charge in [-0.25, -0.2) is 0 Å². The van der Waals surface area contributed by atoms with Gasteiger partial charge in [0.15, 0.2) is 0 Å². The molecular formula is C6H14LiN. The van der Waals surface area contributed by atoms with Gasteiger partial charge in [0.25, 0.3) is 0 Å². The summed E-state index contributed by atoms with van der Waals surface area (Å²) in [5.74, 6) is 0. The SMILES string of the molecule is [Li][CH2]CC(C)N(C)C. The molecule has 0 heterocycles. The van der Waals surface area contributed by atoms with Gasteiger partial charge < -0.3 is 0 Å². The number of hydrogen-bond acceptors (Lipinski definition) is 1. The van der Waals surface area contributed by atoms with Gasteiger partial charge in [-0.2, -0.15) is 0 Å². The average Bonchev–Trinajstić information content (AvgIpc) is 1.67. The zero-order chi connectivity index (χ0) is 6.57. The molecular weight excluding hydrogens is 93.0 g/mol. The number of rotatable bonds is 3. The Morgan fingerprint density at radius 2 is 2.00 bits per heavy atom. The normalized spacial score (nSPS) is 14.8. The first-order valence-electron chi connectivity index (χ1n) is 3.35. The van der Waals surface area contributed by atoms with Crippen LogP contribution in [0.15, 0.2) is 0 Å². The summed E-state index contributed by atoms with van der Waals surface area (Å²) in [5, 5.41) is 1.29. The molecule has 0 fully saturated rings. The Kier molecular flexibility index (Phi) is 4.75. The Morgan fingerprint density at radius 1 is 1.50 bits per heavy atom. The molecule has 0 radical (unpaired) electrons. The van der Waals surface area contributed by atoms with E-state index in [-0.39, 0.29) is 0 Å². The number of nitrogens with zero attached hydrogens (tertiary/aromatic N) is 1. The Hall–Kier alpha value is 0.557. The van der Waals surface area contributed by atoms with Crippen LogP contribution in [0.25, 0.3) is 0 Å². The maximum atomic E-state index is 2.25. The van der Waals surface area contributed by atoms with Crippen molar-refractivity contribution in [1.29, 1.82) is 0 Å². The molecule has 0 aliphatic heterocycles. The third-order valence-electron chi connectivity index (χ3n) is 1.59. The van der Waals surface area contributed by atoms with Gasteiger partial charge in [-0.05, 0) is 0 Å². The molecule has 0 saturated carbocycles. The van der Waals surface area contributed by atoms with E-state index in [4.69, 9.17) is 0 Å². The molecule has 0 aromatic rings.